The van der Waals surface area contributed by atoms with E-state index in [4.69, 9.17) is 0 Å². The van der Waals surface area contributed by atoms with E-state index in [1.807, 2.05) is 18.2 Å². The van der Waals surface area contributed by atoms with E-state index in [0.717, 1.165) is 57.8 Å². The molecule has 0 heterocycles. The molecule has 0 radical (unpaired) electrons. The van der Waals surface area contributed by atoms with Crippen LogP contribution in [-0.2, 0) is 9.59 Å². The minimum absolute atomic E-state index is 0.111. The van der Waals surface area contributed by atoms with E-state index >= 15 is 0 Å². The third kappa shape index (κ3) is 29.9. The van der Waals surface area contributed by atoms with Crippen LogP contribution >= 0.6 is 0 Å². The number of hydrogen-bond donors (Lipinski definition) is 3. The zero-order valence-corrected chi connectivity index (χ0v) is 28.0. The van der Waals surface area contributed by atoms with Gasteiger partial charge in [-0.1, -0.05) is 153 Å². The summed E-state index contributed by atoms with van der Waals surface area (Å²) in [5.74, 6) is 0.0857. The van der Waals surface area contributed by atoms with Gasteiger partial charge in [0.1, 0.15) is 0 Å². The average Bonchev–Trinajstić information content (AvgIpc) is 3.00. The van der Waals surface area contributed by atoms with Gasteiger partial charge >= 0.3 is 0 Å². The van der Waals surface area contributed by atoms with Crippen LogP contribution in [0.3, 0.4) is 0 Å². The zero-order valence-electron chi connectivity index (χ0n) is 28.0. The Bertz CT molecular complexity index is 755. The lowest BCUT2D eigenvalue weighted by molar-refractivity contribution is -0.123. The number of allylic oxidation sites excluding steroid dienone is 8. The van der Waals surface area contributed by atoms with Crippen LogP contribution in [0.2, 0.25) is 0 Å². The van der Waals surface area contributed by atoms with Gasteiger partial charge in [0.2, 0.25) is 5.91 Å². The lowest BCUT2D eigenvalue weighted by Gasteiger charge is -2.22. The summed E-state index contributed by atoms with van der Waals surface area (Å²) >= 11 is 0. The Hall–Kier alpha value is -1.98. The van der Waals surface area contributed by atoms with E-state index < -0.39 is 12.1 Å². The van der Waals surface area contributed by atoms with E-state index in [1.165, 1.54) is 70.6 Å². The average molecular weight is 602 g/mol. The molecule has 2 atom stereocenters. The van der Waals surface area contributed by atoms with Gasteiger partial charge < -0.3 is 15.5 Å². The summed E-state index contributed by atoms with van der Waals surface area (Å²) in [4.78, 5) is 23.9. The van der Waals surface area contributed by atoms with Crippen LogP contribution in [0.4, 0.5) is 0 Å². The molecule has 248 valence electrons. The fourth-order valence-corrected chi connectivity index (χ4v) is 5.01. The number of aliphatic hydroxyl groups excluding tert-OH is 2. The smallest absolute Gasteiger partial charge is 0.220 e. The Balaban J connectivity index is 3.78. The Morgan fingerprint density at radius 1 is 0.628 bits per heavy atom. The van der Waals surface area contributed by atoms with Gasteiger partial charge in [-0.2, -0.15) is 0 Å². The molecule has 0 aliphatic rings. The van der Waals surface area contributed by atoms with Gasteiger partial charge in [0.15, 0.2) is 5.78 Å². The van der Waals surface area contributed by atoms with Crippen LogP contribution in [-0.4, -0.2) is 40.7 Å². The summed E-state index contributed by atoms with van der Waals surface area (Å²) in [7, 11) is 0. The maximum atomic E-state index is 12.3. The molecule has 1 amide bonds. The highest BCUT2D eigenvalue weighted by Gasteiger charge is 2.19. The quantitative estimate of drug-likeness (QED) is 0.0319. The van der Waals surface area contributed by atoms with Crippen LogP contribution in [0.25, 0.3) is 0 Å². The fourth-order valence-electron chi connectivity index (χ4n) is 5.01. The fraction of sp³-hybridized carbons (Fsp3) is 0.737. The summed E-state index contributed by atoms with van der Waals surface area (Å²) in [6.45, 7) is 4.16. The molecule has 5 heteroatoms. The molecule has 0 aromatic rings. The molecule has 5 nitrogen and oxygen atoms in total. The largest absolute Gasteiger partial charge is 0.394 e. The van der Waals surface area contributed by atoms with Gasteiger partial charge in [-0.15, -0.1) is 0 Å². The van der Waals surface area contributed by atoms with E-state index in [9.17, 15) is 19.8 Å². The monoisotopic (exact) mass is 602 g/mol. The molecule has 0 saturated heterocycles. The van der Waals surface area contributed by atoms with Gasteiger partial charge in [0, 0.05) is 12.8 Å². The van der Waals surface area contributed by atoms with Crippen LogP contribution < -0.4 is 5.32 Å². The lowest BCUT2D eigenvalue weighted by Crippen LogP contribution is -2.45. The molecule has 0 saturated carbocycles. The summed E-state index contributed by atoms with van der Waals surface area (Å²) in [6, 6.07) is -0.582. The van der Waals surface area contributed by atoms with E-state index in [-0.39, 0.29) is 18.3 Å². The number of rotatable bonds is 31. The highest BCUT2D eigenvalue weighted by atomic mass is 16.3. The van der Waals surface area contributed by atoms with Crippen LogP contribution in [0, 0.1) is 0 Å². The third-order valence-electron chi connectivity index (χ3n) is 7.82. The topological polar surface area (TPSA) is 86.6 Å². The molecule has 0 rings (SSSR count). The van der Waals surface area contributed by atoms with E-state index in [0.29, 0.717) is 19.3 Å². The summed E-state index contributed by atoms with van der Waals surface area (Å²) in [5, 5.41) is 22.9. The Morgan fingerprint density at radius 3 is 1.77 bits per heavy atom. The number of hydrogen-bond acceptors (Lipinski definition) is 4. The maximum Gasteiger partial charge on any atom is 0.220 e. The van der Waals surface area contributed by atoms with Gasteiger partial charge in [-0.05, 0) is 44.6 Å². The molecule has 0 aromatic carbocycles. The van der Waals surface area contributed by atoms with E-state index in [2.05, 4.69) is 43.5 Å². The molecule has 0 aromatic heterocycles. The van der Waals surface area contributed by atoms with Crippen molar-refractivity contribution in [1.82, 2.24) is 5.32 Å². The summed E-state index contributed by atoms with van der Waals surface area (Å²) in [6.07, 6.45) is 40.0. The van der Waals surface area contributed by atoms with Crippen molar-refractivity contribution in [2.75, 3.05) is 6.61 Å². The SMILES string of the molecule is CCCCCCCCCCCCCCC[C@@H](O)[C@H](CO)NC(=O)CCC/C=C\C/C=C\C/C=C\C=C\C(=O)CCCCC. The van der Waals surface area contributed by atoms with Crippen molar-refractivity contribution in [2.45, 2.75) is 174 Å². The first-order chi connectivity index (χ1) is 21.0. The highest BCUT2D eigenvalue weighted by Crippen LogP contribution is 2.14. The lowest BCUT2D eigenvalue weighted by atomic mass is 10.0. The van der Waals surface area contributed by atoms with Crippen molar-refractivity contribution in [1.29, 1.82) is 0 Å². The Kier molecular flexibility index (Phi) is 31.4. The van der Waals surface area contributed by atoms with Crippen molar-refractivity contribution >= 4 is 11.7 Å². The molecule has 3 N–H and O–H groups in total. The summed E-state index contributed by atoms with van der Waals surface area (Å²) < 4.78 is 0. The predicted octanol–water partition coefficient (Wildman–Crippen LogP) is 9.63. The first-order valence-corrected chi connectivity index (χ1v) is 17.8. The minimum Gasteiger partial charge on any atom is -0.394 e. The molecule has 43 heavy (non-hydrogen) atoms. The van der Waals surface area contributed by atoms with Gasteiger partial charge in [0.05, 0.1) is 18.8 Å². The van der Waals surface area contributed by atoms with Crippen molar-refractivity contribution in [3.8, 4) is 0 Å². The summed E-state index contributed by atoms with van der Waals surface area (Å²) in [5.41, 5.74) is 0. The van der Waals surface area contributed by atoms with Crippen LogP contribution in [0.5, 0.6) is 0 Å². The highest BCUT2D eigenvalue weighted by molar-refractivity contribution is 5.89. The number of carbonyl (C=O) groups is 2. The number of nitrogens with one attached hydrogen (secondary N) is 1. The second-order valence-corrected chi connectivity index (χ2v) is 12.0. The molecule has 0 aliphatic carbocycles. The van der Waals surface area contributed by atoms with Crippen LogP contribution in [0.1, 0.15) is 162 Å². The number of unbranched alkanes of at least 4 members (excludes halogenated alkanes) is 15. The molecular formula is C38H67NO4. The number of amides is 1. The van der Waals surface area contributed by atoms with Gasteiger partial charge in [-0.25, -0.2) is 0 Å². The Labute approximate surface area is 265 Å². The molecule has 0 unspecified atom stereocenters. The standard InChI is InChI=1S/C38H67NO4/c1-3-5-7-8-9-10-11-12-15-18-21-24-28-32-37(42)36(34-40)39-38(43)33-29-25-22-19-16-13-14-17-20-23-27-31-35(41)30-26-6-4-2/h13-14,19-20,22-23,27,31,36-37,40,42H,3-12,15-18,21,24-26,28-30,32-34H2,1-2H3,(H,39,43)/b14-13-,22-19-,23-20-,31-27+/t36-,37+/m0/s1. The normalized spacial score (nSPS) is 13.6. The molecule has 0 fully saturated rings. The predicted molar refractivity (Wildman–Crippen MR) is 184 cm³/mol. The third-order valence-corrected chi connectivity index (χ3v) is 7.82. The first-order valence-electron chi connectivity index (χ1n) is 17.8. The Morgan fingerprint density at radius 2 is 1.16 bits per heavy atom. The van der Waals surface area contributed by atoms with Gasteiger partial charge in [0.25, 0.3) is 0 Å². The van der Waals surface area contributed by atoms with Crippen LogP contribution in [0.15, 0.2) is 48.6 Å². The second kappa shape index (κ2) is 32.9. The molecule has 0 bridgehead atoms. The molecule has 0 aliphatic heterocycles. The van der Waals surface area contributed by atoms with Crippen molar-refractivity contribution < 1.29 is 19.8 Å². The molecule has 0 spiro atoms. The van der Waals surface area contributed by atoms with Crippen molar-refractivity contribution in [3.63, 3.8) is 0 Å². The zero-order chi connectivity index (χ0) is 31.6. The van der Waals surface area contributed by atoms with Crippen molar-refractivity contribution in [3.05, 3.63) is 48.6 Å². The molecular weight excluding hydrogens is 534 g/mol. The minimum atomic E-state index is -0.697. The number of ketones is 1. The second-order valence-electron chi connectivity index (χ2n) is 12.0. The number of carbonyl (C=O) groups excluding carboxylic acids is 2. The maximum absolute atomic E-state index is 12.3. The number of aliphatic hydroxyl groups is 2. The van der Waals surface area contributed by atoms with Crippen molar-refractivity contribution in [2.24, 2.45) is 0 Å². The van der Waals surface area contributed by atoms with E-state index in [1.54, 1.807) is 6.08 Å². The first kappa shape index (κ1) is 41.0. The van der Waals surface area contributed by atoms with Gasteiger partial charge in [-0.3, -0.25) is 9.59 Å².